The first-order chi connectivity index (χ1) is 15.0. The molecule has 0 bridgehead atoms. The molecule has 0 atom stereocenters. The van der Waals surface area contributed by atoms with Gasteiger partial charge in [-0.25, -0.2) is 13.8 Å². The number of hydrogen-bond acceptors (Lipinski definition) is 8. The van der Waals surface area contributed by atoms with Crippen LogP contribution in [0.4, 0.5) is 25.4 Å². The molecule has 0 aliphatic rings. The Bertz CT molecular complexity index is 1010. The lowest BCUT2D eigenvalue weighted by Crippen LogP contribution is -2.07. The number of halogens is 2. The molecule has 0 unspecified atom stereocenters. The SMILES string of the molecule is Nc1nc(Nc2ccc(SNCCCCCO)cc2)sc1C(=O)c1c(F)cccc1F. The number of anilines is 3. The second kappa shape index (κ2) is 11.2. The summed E-state index contributed by atoms with van der Waals surface area (Å²) in [5, 5.41) is 12.2. The highest BCUT2D eigenvalue weighted by Crippen LogP contribution is 2.31. The topological polar surface area (TPSA) is 100 Å². The normalized spacial score (nSPS) is 10.9. The molecule has 6 nitrogen and oxygen atoms in total. The minimum absolute atomic E-state index is 0.0240. The van der Waals surface area contributed by atoms with E-state index in [0.29, 0.717) is 5.13 Å². The van der Waals surface area contributed by atoms with Gasteiger partial charge in [-0.15, -0.1) is 0 Å². The highest BCUT2D eigenvalue weighted by molar-refractivity contribution is 7.97. The number of carbonyl (C=O) groups is 1. The molecule has 0 radical (unpaired) electrons. The molecule has 0 spiro atoms. The van der Waals surface area contributed by atoms with Crippen molar-refractivity contribution < 1.29 is 18.7 Å². The standard InChI is InChI=1S/C21H22F2N4O2S2/c22-15-5-4-6-16(23)17(15)18(29)19-20(24)27-21(30-19)26-13-7-9-14(10-8-13)31-25-11-2-1-3-12-28/h4-10,25,28H,1-3,11-12,24H2,(H,26,27). The first kappa shape index (κ1) is 23.1. The summed E-state index contributed by atoms with van der Waals surface area (Å²) in [7, 11) is 0. The van der Waals surface area contributed by atoms with Gasteiger partial charge in [-0.1, -0.05) is 17.4 Å². The lowest BCUT2D eigenvalue weighted by molar-refractivity contribution is 0.103. The molecular weight excluding hydrogens is 442 g/mol. The quantitative estimate of drug-likeness (QED) is 0.185. The van der Waals surface area contributed by atoms with Crippen molar-refractivity contribution in [3.05, 3.63) is 64.5 Å². The molecule has 0 amide bonds. The molecule has 0 aliphatic heterocycles. The molecule has 31 heavy (non-hydrogen) atoms. The zero-order valence-electron chi connectivity index (χ0n) is 16.5. The molecule has 0 saturated carbocycles. The maximum absolute atomic E-state index is 13.9. The molecule has 0 fully saturated rings. The third kappa shape index (κ3) is 6.23. The zero-order valence-corrected chi connectivity index (χ0v) is 18.2. The van der Waals surface area contributed by atoms with E-state index in [0.717, 1.165) is 59.9 Å². The monoisotopic (exact) mass is 464 g/mol. The summed E-state index contributed by atoms with van der Waals surface area (Å²) in [5.74, 6) is -2.81. The van der Waals surface area contributed by atoms with E-state index < -0.39 is 23.0 Å². The summed E-state index contributed by atoms with van der Waals surface area (Å²) in [6.07, 6.45) is 2.80. The fraction of sp³-hybridized carbons (Fsp3) is 0.238. The Labute approximate surface area is 187 Å². The van der Waals surface area contributed by atoms with Gasteiger partial charge in [0.05, 0.1) is 5.56 Å². The van der Waals surface area contributed by atoms with Crippen LogP contribution in [0.2, 0.25) is 0 Å². The maximum atomic E-state index is 13.9. The van der Waals surface area contributed by atoms with Gasteiger partial charge in [0.25, 0.3) is 0 Å². The van der Waals surface area contributed by atoms with Crippen molar-refractivity contribution in [2.75, 3.05) is 24.2 Å². The van der Waals surface area contributed by atoms with Crippen LogP contribution in [-0.4, -0.2) is 29.0 Å². The lowest BCUT2D eigenvalue weighted by Gasteiger charge is -2.06. The van der Waals surface area contributed by atoms with Gasteiger partial charge in [0.1, 0.15) is 22.3 Å². The minimum atomic E-state index is -0.942. The van der Waals surface area contributed by atoms with Crippen molar-refractivity contribution >= 4 is 45.7 Å². The lowest BCUT2D eigenvalue weighted by atomic mass is 10.1. The van der Waals surface area contributed by atoms with E-state index in [2.05, 4.69) is 15.0 Å². The van der Waals surface area contributed by atoms with Crippen molar-refractivity contribution in [2.24, 2.45) is 0 Å². The van der Waals surface area contributed by atoms with Gasteiger partial charge in [0.15, 0.2) is 5.13 Å². The number of nitrogen functional groups attached to an aromatic ring is 1. The van der Waals surface area contributed by atoms with Gasteiger partial charge in [-0.05, 0) is 67.6 Å². The van der Waals surface area contributed by atoms with Crippen molar-refractivity contribution in [3.8, 4) is 0 Å². The molecular formula is C21H22F2N4O2S2. The summed E-state index contributed by atoms with van der Waals surface area (Å²) in [5.41, 5.74) is 5.91. The second-order valence-corrected chi connectivity index (χ2v) is 8.55. The number of benzene rings is 2. The third-order valence-corrected chi connectivity index (χ3v) is 6.12. The van der Waals surface area contributed by atoms with Crippen LogP contribution in [0, 0.1) is 11.6 Å². The van der Waals surface area contributed by atoms with Crippen LogP contribution < -0.4 is 15.8 Å². The number of unbranched alkanes of at least 4 members (excludes halogenated alkanes) is 2. The van der Waals surface area contributed by atoms with E-state index in [1.54, 1.807) is 0 Å². The number of aliphatic hydroxyl groups is 1. The number of aliphatic hydroxyl groups excluding tert-OH is 1. The van der Waals surface area contributed by atoms with E-state index in [1.165, 1.54) is 18.0 Å². The van der Waals surface area contributed by atoms with Gasteiger partial charge in [0.2, 0.25) is 5.78 Å². The van der Waals surface area contributed by atoms with Crippen LogP contribution in [0.25, 0.3) is 0 Å². The number of nitrogens with one attached hydrogen (secondary N) is 2. The molecule has 3 aromatic rings. The van der Waals surface area contributed by atoms with Gasteiger partial charge >= 0.3 is 0 Å². The van der Waals surface area contributed by atoms with Crippen LogP contribution in [-0.2, 0) is 0 Å². The molecule has 3 rings (SSSR count). The van der Waals surface area contributed by atoms with Crippen molar-refractivity contribution in [3.63, 3.8) is 0 Å². The number of nitrogens with two attached hydrogens (primary N) is 1. The van der Waals surface area contributed by atoms with Crippen molar-refractivity contribution in [1.82, 2.24) is 9.71 Å². The predicted octanol–water partition coefficient (Wildman–Crippen LogP) is 4.74. The summed E-state index contributed by atoms with van der Waals surface area (Å²) in [6, 6.07) is 10.8. The number of ketones is 1. The molecule has 164 valence electrons. The fourth-order valence-electron chi connectivity index (χ4n) is 2.73. The number of nitrogens with zero attached hydrogens (tertiary/aromatic N) is 1. The maximum Gasteiger partial charge on any atom is 0.212 e. The first-order valence-electron chi connectivity index (χ1n) is 9.62. The van der Waals surface area contributed by atoms with E-state index >= 15 is 0 Å². The van der Waals surface area contributed by atoms with Crippen LogP contribution >= 0.6 is 23.3 Å². The molecule has 1 aromatic heterocycles. The van der Waals surface area contributed by atoms with Crippen molar-refractivity contribution in [2.45, 2.75) is 24.2 Å². The summed E-state index contributed by atoms with van der Waals surface area (Å²) in [4.78, 5) is 17.7. The van der Waals surface area contributed by atoms with Crippen LogP contribution in [0.15, 0.2) is 47.4 Å². The summed E-state index contributed by atoms with van der Waals surface area (Å²) < 4.78 is 31.1. The Morgan fingerprint density at radius 1 is 1.10 bits per heavy atom. The average molecular weight is 465 g/mol. The van der Waals surface area contributed by atoms with E-state index in [-0.39, 0.29) is 17.3 Å². The summed E-state index contributed by atoms with van der Waals surface area (Å²) in [6.45, 7) is 1.07. The Morgan fingerprint density at radius 2 is 1.81 bits per heavy atom. The number of hydrogen-bond donors (Lipinski definition) is 4. The van der Waals surface area contributed by atoms with Gasteiger partial charge in [0, 0.05) is 23.7 Å². The zero-order chi connectivity index (χ0) is 22.2. The number of rotatable bonds is 11. The van der Waals surface area contributed by atoms with E-state index in [1.807, 2.05) is 24.3 Å². The van der Waals surface area contributed by atoms with Crippen LogP contribution in [0.3, 0.4) is 0 Å². The molecule has 2 aromatic carbocycles. The molecule has 10 heteroatoms. The van der Waals surface area contributed by atoms with Gasteiger partial charge in [-0.3, -0.25) is 9.52 Å². The minimum Gasteiger partial charge on any atom is -0.396 e. The van der Waals surface area contributed by atoms with Gasteiger partial charge in [-0.2, -0.15) is 0 Å². The number of thiazole rings is 1. The predicted molar refractivity (Wildman–Crippen MR) is 121 cm³/mol. The summed E-state index contributed by atoms with van der Waals surface area (Å²) >= 11 is 2.45. The van der Waals surface area contributed by atoms with Gasteiger partial charge < -0.3 is 16.2 Å². The van der Waals surface area contributed by atoms with Crippen LogP contribution in [0.5, 0.6) is 0 Å². The Kier molecular flexibility index (Phi) is 8.35. The van der Waals surface area contributed by atoms with E-state index in [4.69, 9.17) is 10.8 Å². The molecule has 1 heterocycles. The highest BCUT2D eigenvalue weighted by atomic mass is 32.2. The number of carbonyl (C=O) groups excluding carboxylic acids is 1. The first-order valence-corrected chi connectivity index (χ1v) is 11.3. The van der Waals surface area contributed by atoms with Crippen LogP contribution in [0.1, 0.15) is 34.5 Å². The fourth-order valence-corrected chi connectivity index (χ4v) is 4.26. The molecule has 0 saturated heterocycles. The Morgan fingerprint density at radius 3 is 2.48 bits per heavy atom. The van der Waals surface area contributed by atoms with Crippen molar-refractivity contribution in [1.29, 1.82) is 0 Å². The molecule has 5 N–H and O–H groups in total. The third-order valence-electron chi connectivity index (χ3n) is 4.28. The largest absolute Gasteiger partial charge is 0.396 e. The smallest absolute Gasteiger partial charge is 0.212 e. The second-order valence-electron chi connectivity index (χ2n) is 6.59. The average Bonchev–Trinajstić information content (AvgIpc) is 3.11. The Balaban J connectivity index is 1.60. The van der Waals surface area contributed by atoms with E-state index in [9.17, 15) is 13.6 Å². The Hall–Kier alpha value is -2.53. The number of aromatic nitrogens is 1. The highest BCUT2D eigenvalue weighted by Gasteiger charge is 2.24. The molecule has 0 aliphatic carbocycles.